The van der Waals surface area contributed by atoms with Crippen molar-refractivity contribution in [1.82, 2.24) is 0 Å². The third kappa shape index (κ3) is 3.94. The molecule has 0 atom stereocenters. The highest BCUT2D eigenvalue weighted by Gasteiger charge is 2.15. The van der Waals surface area contributed by atoms with Gasteiger partial charge in [-0.3, -0.25) is 4.79 Å². The monoisotopic (exact) mass is 383 g/mol. The molecule has 1 aromatic heterocycles. The van der Waals surface area contributed by atoms with Gasteiger partial charge in [0.05, 0.1) is 27.0 Å². The quantitative estimate of drug-likeness (QED) is 0.646. The lowest BCUT2D eigenvalue weighted by Gasteiger charge is -2.13. The number of hydrogen-bond acceptors (Lipinski definition) is 6. The number of aliphatic hydroxyl groups excluding tert-OH is 1. The highest BCUT2D eigenvalue weighted by molar-refractivity contribution is 6.05. The van der Waals surface area contributed by atoms with Crippen LogP contribution in [0.5, 0.6) is 17.2 Å². The molecule has 28 heavy (non-hydrogen) atoms. The summed E-state index contributed by atoms with van der Waals surface area (Å²) in [6.07, 6.45) is 0. The Morgan fingerprint density at radius 1 is 0.929 bits per heavy atom. The van der Waals surface area contributed by atoms with Gasteiger partial charge in [0, 0.05) is 11.1 Å². The Bertz CT molecular complexity index is 979. The molecule has 0 bridgehead atoms. The van der Waals surface area contributed by atoms with Gasteiger partial charge in [0.15, 0.2) is 11.5 Å². The first-order chi connectivity index (χ1) is 13.6. The molecule has 7 nitrogen and oxygen atoms in total. The van der Waals surface area contributed by atoms with E-state index in [-0.39, 0.29) is 12.5 Å². The average molecular weight is 383 g/mol. The van der Waals surface area contributed by atoms with E-state index in [0.29, 0.717) is 40.0 Å². The smallest absolute Gasteiger partial charge is 0.255 e. The van der Waals surface area contributed by atoms with Crippen molar-refractivity contribution in [2.45, 2.75) is 6.61 Å². The SMILES string of the molecule is COc1ccc(-c2ccc(CO)o2)cc1NC(=O)c1ccc(OC)c(OC)c1. The fourth-order valence-corrected chi connectivity index (χ4v) is 2.75. The molecule has 0 aliphatic heterocycles. The second-order valence-corrected chi connectivity index (χ2v) is 5.86. The molecule has 7 heteroatoms. The van der Waals surface area contributed by atoms with Crippen molar-refractivity contribution in [1.29, 1.82) is 0 Å². The van der Waals surface area contributed by atoms with Crippen LogP contribution in [0.4, 0.5) is 5.69 Å². The van der Waals surface area contributed by atoms with Gasteiger partial charge in [-0.2, -0.15) is 0 Å². The zero-order valence-electron chi connectivity index (χ0n) is 15.8. The third-order valence-corrected chi connectivity index (χ3v) is 4.20. The number of hydrogen-bond donors (Lipinski definition) is 2. The molecule has 1 amide bonds. The number of amides is 1. The van der Waals surface area contributed by atoms with Crippen LogP contribution < -0.4 is 19.5 Å². The van der Waals surface area contributed by atoms with Crippen molar-refractivity contribution in [2.24, 2.45) is 0 Å². The number of methoxy groups -OCH3 is 3. The van der Waals surface area contributed by atoms with Crippen LogP contribution in [0.25, 0.3) is 11.3 Å². The van der Waals surface area contributed by atoms with Crippen LogP contribution >= 0.6 is 0 Å². The fraction of sp³-hybridized carbons (Fsp3) is 0.190. The summed E-state index contributed by atoms with van der Waals surface area (Å²) in [5, 5.41) is 12.0. The molecular formula is C21H21NO6. The Balaban J connectivity index is 1.90. The second kappa shape index (κ2) is 8.49. The van der Waals surface area contributed by atoms with Crippen LogP contribution in [0.3, 0.4) is 0 Å². The van der Waals surface area contributed by atoms with E-state index in [9.17, 15) is 4.79 Å². The summed E-state index contributed by atoms with van der Waals surface area (Å²) in [6.45, 7) is -0.181. The molecule has 1 heterocycles. The molecule has 0 saturated heterocycles. The number of nitrogens with one attached hydrogen (secondary N) is 1. The normalized spacial score (nSPS) is 10.4. The summed E-state index contributed by atoms with van der Waals surface area (Å²) in [7, 11) is 4.57. The Morgan fingerprint density at radius 3 is 2.29 bits per heavy atom. The van der Waals surface area contributed by atoms with Crippen LogP contribution in [0.1, 0.15) is 16.1 Å². The lowest BCUT2D eigenvalue weighted by Crippen LogP contribution is -2.13. The minimum absolute atomic E-state index is 0.181. The number of ether oxygens (including phenoxy) is 3. The number of furan rings is 1. The maximum Gasteiger partial charge on any atom is 0.255 e. The largest absolute Gasteiger partial charge is 0.495 e. The number of carbonyl (C=O) groups excluding carboxylic acids is 1. The number of benzene rings is 2. The molecule has 0 aliphatic rings. The van der Waals surface area contributed by atoms with Gasteiger partial charge in [-0.15, -0.1) is 0 Å². The Labute approximate surface area is 162 Å². The van der Waals surface area contributed by atoms with Gasteiger partial charge in [0.1, 0.15) is 23.9 Å². The van der Waals surface area contributed by atoms with E-state index in [2.05, 4.69) is 5.32 Å². The van der Waals surface area contributed by atoms with Gasteiger partial charge in [-0.05, 0) is 48.5 Å². The third-order valence-electron chi connectivity index (χ3n) is 4.20. The van der Waals surface area contributed by atoms with Gasteiger partial charge in [0.2, 0.25) is 0 Å². The van der Waals surface area contributed by atoms with Crippen molar-refractivity contribution < 1.29 is 28.5 Å². The van der Waals surface area contributed by atoms with E-state index in [1.165, 1.54) is 21.3 Å². The first-order valence-corrected chi connectivity index (χ1v) is 8.51. The lowest BCUT2D eigenvalue weighted by molar-refractivity contribution is 0.102. The molecule has 0 aliphatic carbocycles. The van der Waals surface area contributed by atoms with Gasteiger partial charge in [0.25, 0.3) is 5.91 Å². The number of carbonyl (C=O) groups is 1. The van der Waals surface area contributed by atoms with Gasteiger partial charge < -0.3 is 29.1 Å². The molecule has 3 rings (SSSR count). The Hall–Kier alpha value is -3.45. The number of aliphatic hydroxyl groups is 1. The summed E-state index contributed by atoms with van der Waals surface area (Å²) in [6, 6.07) is 13.7. The maximum atomic E-state index is 12.7. The molecule has 0 radical (unpaired) electrons. The molecule has 0 fully saturated rings. The van der Waals surface area contributed by atoms with Crippen LogP contribution in [-0.4, -0.2) is 32.3 Å². The first kappa shape index (κ1) is 19.3. The highest BCUT2D eigenvalue weighted by Crippen LogP contribution is 2.33. The van der Waals surface area contributed by atoms with Crippen molar-refractivity contribution in [3.63, 3.8) is 0 Å². The van der Waals surface area contributed by atoms with E-state index in [1.54, 1.807) is 42.5 Å². The predicted octanol–water partition coefficient (Wildman–Crippen LogP) is 3.72. The molecule has 2 aromatic carbocycles. The summed E-state index contributed by atoms with van der Waals surface area (Å²) >= 11 is 0. The lowest BCUT2D eigenvalue weighted by atomic mass is 10.1. The predicted molar refractivity (Wildman–Crippen MR) is 104 cm³/mol. The van der Waals surface area contributed by atoms with Crippen LogP contribution in [0, 0.1) is 0 Å². The van der Waals surface area contributed by atoms with E-state index in [4.69, 9.17) is 23.7 Å². The molecule has 3 aromatic rings. The van der Waals surface area contributed by atoms with E-state index < -0.39 is 0 Å². The number of anilines is 1. The van der Waals surface area contributed by atoms with Crippen molar-refractivity contribution in [3.8, 4) is 28.6 Å². The molecule has 0 spiro atoms. The van der Waals surface area contributed by atoms with Crippen molar-refractivity contribution in [2.75, 3.05) is 26.6 Å². The number of rotatable bonds is 7. The van der Waals surface area contributed by atoms with E-state index >= 15 is 0 Å². The topological polar surface area (TPSA) is 90.2 Å². The van der Waals surface area contributed by atoms with Crippen molar-refractivity contribution in [3.05, 3.63) is 59.9 Å². The average Bonchev–Trinajstić information content (AvgIpc) is 3.22. The Kier molecular flexibility index (Phi) is 5.86. The van der Waals surface area contributed by atoms with Gasteiger partial charge in [-0.1, -0.05) is 0 Å². The summed E-state index contributed by atoms with van der Waals surface area (Å²) < 4.78 is 21.4. The molecule has 0 saturated carbocycles. The second-order valence-electron chi connectivity index (χ2n) is 5.86. The summed E-state index contributed by atoms with van der Waals surface area (Å²) in [4.78, 5) is 12.7. The molecule has 2 N–H and O–H groups in total. The fourth-order valence-electron chi connectivity index (χ4n) is 2.75. The van der Waals surface area contributed by atoms with E-state index in [1.807, 2.05) is 6.07 Å². The van der Waals surface area contributed by atoms with Gasteiger partial charge in [-0.25, -0.2) is 0 Å². The van der Waals surface area contributed by atoms with Crippen LogP contribution in [0.15, 0.2) is 52.9 Å². The van der Waals surface area contributed by atoms with Crippen LogP contribution in [0.2, 0.25) is 0 Å². The molecule has 0 unspecified atom stereocenters. The highest BCUT2D eigenvalue weighted by atomic mass is 16.5. The van der Waals surface area contributed by atoms with E-state index in [0.717, 1.165) is 5.56 Å². The summed E-state index contributed by atoms with van der Waals surface area (Å²) in [5.41, 5.74) is 1.63. The molecular weight excluding hydrogens is 362 g/mol. The van der Waals surface area contributed by atoms with Crippen molar-refractivity contribution >= 4 is 11.6 Å². The zero-order valence-corrected chi connectivity index (χ0v) is 15.8. The minimum Gasteiger partial charge on any atom is -0.495 e. The maximum absolute atomic E-state index is 12.7. The summed E-state index contributed by atoms with van der Waals surface area (Å²) in [5.74, 6) is 2.22. The van der Waals surface area contributed by atoms with Crippen LogP contribution in [-0.2, 0) is 6.61 Å². The van der Waals surface area contributed by atoms with Gasteiger partial charge >= 0.3 is 0 Å². The minimum atomic E-state index is -0.327. The Morgan fingerprint density at radius 2 is 1.64 bits per heavy atom. The first-order valence-electron chi connectivity index (χ1n) is 8.51. The zero-order chi connectivity index (χ0) is 20.1. The molecule has 146 valence electrons. The standard InChI is InChI=1S/C21H21NO6/c1-25-18-7-4-13(17-9-6-15(12-23)28-17)10-16(18)22-21(24)14-5-8-19(26-2)20(11-14)27-3/h4-11,23H,12H2,1-3H3,(H,22,24).